The number of nitrogens with one attached hydrogen (secondary N) is 3. The van der Waals surface area contributed by atoms with Crippen molar-refractivity contribution in [2.45, 2.75) is 25.8 Å². The van der Waals surface area contributed by atoms with Crippen molar-refractivity contribution in [3.8, 4) is 0 Å². The summed E-state index contributed by atoms with van der Waals surface area (Å²) in [5, 5.41) is 12.8. The maximum Gasteiger partial charge on any atom is 0.217 e. The molecule has 0 spiro atoms. The van der Waals surface area contributed by atoms with E-state index in [0.717, 1.165) is 10.2 Å². The van der Waals surface area contributed by atoms with Crippen LogP contribution in [-0.2, 0) is 4.79 Å². The lowest BCUT2D eigenvalue weighted by Crippen LogP contribution is -2.40. The lowest BCUT2D eigenvalue weighted by atomic mass is 10.1. The van der Waals surface area contributed by atoms with E-state index in [-0.39, 0.29) is 17.6 Å². The molecule has 1 atom stereocenters. The summed E-state index contributed by atoms with van der Waals surface area (Å²) in [6.45, 7) is 1.85. The number of guanidine groups is 1. The number of aromatic nitrogens is 1. The van der Waals surface area contributed by atoms with Crippen LogP contribution in [0.1, 0.15) is 29.6 Å². The van der Waals surface area contributed by atoms with Crippen molar-refractivity contribution in [2.75, 3.05) is 6.54 Å². The van der Waals surface area contributed by atoms with Gasteiger partial charge in [-0.15, -0.1) is 11.3 Å². The van der Waals surface area contributed by atoms with Crippen molar-refractivity contribution in [3.05, 3.63) is 29.3 Å². The average Bonchev–Trinajstić information content (AvgIpc) is 2.93. The fraction of sp³-hybridized carbons (Fsp3) is 0.333. The Morgan fingerprint density at radius 2 is 2.13 bits per heavy atom. The second kappa shape index (κ2) is 7.68. The predicted octanol–water partition coefficient (Wildman–Crippen LogP) is 1.25. The van der Waals surface area contributed by atoms with Crippen LogP contribution < -0.4 is 16.4 Å². The van der Waals surface area contributed by atoms with Crippen LogP contribution in [0.25, 0.3) is 10.2 Å². The summed E-state index contributed by atoms with van der Waals surface area (Å²) in [4.78, 5) is 28.3. The molecule has 1 aromatic heterocycles. The number of hydrogen-bond acceptors (Lipinski definition) is 5. The van der Waals surface area contributed by atoms with Gasteiger partial charge in [0, 0.05) is 13.5 Å². The number of Topliss-reactive ketones (excluding diaryl/α,β-unsaturated/α-hetero) is 1. The van der Waals surface area contributed by atoms with Gasteiger partial charge >= 0.3 is 0 Å². The number of thiazole rings is 1. The highest BCUT2D eigenvalue weighted by atomic mass is 32.1. The monoisotopic (exact) mass is 333 g/mol. The molecule has 7 nitrogen and oxygen atoms in total. The minimum atomic E-state index is -0.623. The molecule has 5 N–H and O–H groups in total. The molecule has 8 heteroatoms. The smallest absolute Gasteiger partial charge is 0.217 e. The van der Waals surface area contributed by atoms with E-state index in [1.165, 1.54) is 18.3 Å². The molecule has 0 radical (unpaired) electrons. The first-order chi connectivity index (χ1) is 11.0. The highest BCUT2D eigenvalue weighted by Crippen LogP contribution is 2.23. The van der Waals surface area contributed by atoms with Gasteiger partial charge in [-0.1, -0.05) is 12.1 Å². The zero-order valence-electron chi connectivity index (χ0n) is 12.8. The van der Waals surface area contributed by atoms with Gasteiger partial charge in [-0.25, -0.2) is 4.98 Å². The number of ketones is 1. The first kappa shape index (κ1) is 16.9. The van der Waals surface area contributed by atoms with E-state index in [1.54, 1.807) is 0 Å². The number of carbonyl (C=O) groups excluding carboxylic acids is 2. The number of rotatable bonds is 7. The lowest BCUT2D eigenvalue weighted by Gasteiger charge is -2.15. The van der Waals surface area contributed by atoms with Crippen LogP contribution in [0.3, 0.4) is 0 Å². The van der Waals surface area contributed by atoms with E-state index in [9.17, 15) is 9.59 Å². The fourth-order valence-electron chi connectivity index (χ4n) is 2.17. The number of nitrogens with two attached hydrogens (primary N) is 1. The molecule has 0 aliphatic heterocycles. The molecule has 2 rings (SSSR count). The van der Waals surface area contributed by atoms with Gasteiger partial charge in [0.2, 0.25) is 11.7 Å². The fourth-order valence-corrected chi connectivity index (χ4v) is 3.13. The summed E-state index contributed by atoms with van der Waals surface area (Å²) in [6.07, 6.45) is 1.05. The van der Waals surface area contributed by atoms with Crippen molar-refractivity contribution in [1.29, 1.82) is 5.41 Å². The minimum Gasteiger partial charge on any atom is -0.370 e. The van der Waals surface area contributed by atoms with Crippen LogP contribution in [0.5, 0.6) is 0 Å². The standard InChI is InChI=1S/C15H19N5O2S/c1-9(21)19-11(6-4-8-18-15(16)17)13(22)14-20-10-5-2-3-7-12(10)23-14/h2-3,5,7,11H,4,6,8H2,1H3,(H,19,21)(H4,16,17,18). The van der Waals surface area contributed by atoms with Crippen LogP contribution in [0.4, 0.5) is 0 Å². The highest BCUT2D eigenvalue weighted by Gasteiger charge is 2.23. The number of para-hydroxylation sites is 1. The third-order valence-electron chi connectivity index (χ3n) is 3.18. The molecule has 0 saturated heterocycles. The molecule has 0 bridgehead atoms. The van der Waals surface area contributed by atoms with Gasteiger partial charge in [0.1, 0.15) is 0 Å². The van der Waals surface area contributed by atoms with Gasteiger partial charge in [-0.2, -0.15) is 0 Å². The van der Waals surface area contributed by atoms with E-state index in [4.69, 9.17) is 11.1 Å². The Hall–Kier alpha value is -2.48. The number of nitrogens with zero attached hydrogens (tertiary/aromatic N) is 1. The van der Waals surface area contributed by atoms with Crippen LogP contribution in [-0.4, -0.2) is 35.2 Å². The van der Waals surface area contributed by atoms with Crippen molar-refractivity contribution < 1.29 is 9.59 Å². The molecule has 0 aliphatic rings. The van der Waals surface area contributed by atoms with Crippen LogP contribution in [0.15, 0.2) is 24.3 Å². The summed E-state index contributed by atoms with van der Waals surface area (Å²) >= 11 is 1.32. The van der Waals surface area contributed by atoms with Crippen LogP contribution in [0, 0.1) is 5.41 Å². The molecule has 0 fully saturated rings. The quantitative estimate of drug-likeness (QED) is 0.263. The molecule has 1 aromatic carbocycles. The van der Waals surface area contributed by atoms with Crippen molar-refractivity contribution in [3.63, 3.8) is 0 Å². The predicted molar refractivity (Wildman–Crippen MR) is 90.7 cm³/mol. The second-order valence-corrected chi connectivity index (χ2v) is 6.12. The Labute approximate surface area is 137 Å². The Kier molecular flexibility index (Phi) is 5.64. The second-order valence-electron chi connectivity index (χ2n) is 5.09. The van der Waals surface area contributed by atoms with Crippen molar-refractivity contribution >= 4 is 39.2 Å². The van der Waals surface area contributed by atoms with E-state index >= 15 is 0 Å². The molecule has 23 heavy (non-hydrogen) atoms. The van der Waals surface area contributed by atoms with Crippen LogP contribution in [0.2, 0.25) is 0 Å². The molecule has 0 aliphatic carbocycles. The highest BCUT2D eigenvalue weighted by molar-refractivity contribution is 7.20. The topological polar surface area (TPSA) is 121 Å². The molecular weight excluding hydrogens is 314 g/mol. The normalized spacial score (nSPS) is 11.9. The molecule has 122 valence electrons. The van der Waals surface area contributed by atoms with Gasteiger partial charge in [0.25, 0.3) is 0 Å². The van der Waals surface area contributed by atoms with E-state index in [1.807, 2.05) is 24.3 Å². The van der Waals surface area contributed by atoms with Crippen molar-refractivity contribution in [2.24, 2.45) is 5.73 Å². The van der Waals surface area contributed by atoms with Gasteiger partial charge in [-0.05, 0) is 25.0 Å². The van der Waals surface area contributed by atoms with Gasteiger partial charge in [0.05, 0.1) is 16.3 Å². The van der Waals surface area contributed by atoms with Gasteiger partial charge in [-0.3, -0.25) is 15.0 Å². The first-order valence-corrected chi connectivity index (χ1v) is 8.04. The van der Waals surface area contributed by atoms with Crippen LogP contribution >= 0.6 is 11.3 Å². The zero-order valence-corrected chi connectivity index (χ0v) is 13.6. The Balaban J connectivity index is 2.08. The minimum absolute atomic E-state index is 0.112. The SMILES string of the molecule is CC(=O)NC(CCCNC(=N)N)C(=O)c1nc2ccccc2s1. The van der Waals surface area contributed by atoms with Gasteiger partial charge in [0.15, 0.2) is 11.0 Å². The van der Waals surface area contributed by atoms with E-state index in [0.29, 0.717) is 24.4 Å². The van der Waals surface area contributed by atoms with E-state index < -0.39 is 6.04 Å². The number of amides is 1. The average molecular weight is 333 g/mol. The Morgan fingerprint density at radius 1 is 1.39 bits per heavy atom. The van der Waals surface area contributed by atoms with E-state index in [2.05, 4.69) is 15.6 Å². The number of fused-ring (bicyclic) bond motifs is 1. The summed E-state index contributed by atoms with van der Waals surface area (Å²) < 4.78 is 0.940. The summed E-state index contributed by atoms with van der Waals surface area (Å²) in [5.41, 5.74) is 5.99. The maximum absolute atomic E-state index is 12.6. The first-order valence-electron chi connectivity index (χ1n) is 7.22. The summed E-state index contributed by atoms with van der Waals surface area (Å²) in [6, 6.07) is 6.91. The number of benzene rings is 1. The third kappa shape index (κ3) is 4.75. The maximum atomic E-state index is 12.6. The Morgan fingerprint density at radius 3 is 2.78 bits per heavy atom. The molecule has 2 aromatic rings. The van der Waals surface area contributed by atoms with Crippen molar-refractivity contribution in [1.82, 2.24) is 15.6 Å². The number of hydrogen-bond donors (Lipinski definition) is 4. The number of carbonyl (C=O) groups is 2. The molecule has 1 heterocycles. The summed E-state index contributed by atoms with van der Waals surface area (Å²) in [5.74, 6) is -0.563. The van der Waals surface area contributed by atoms with Gasteiger partial charge < -0.3 is 16.4 Å². The largest absolute Gasteiger partial charge is 0.370 e. The summed E-state index contributed by atoms with van der Waals surface area (Å²) in [7, 11) is 0. The third-order valence-corrected chi connectivity index (χ3v) is 4.23. The lowest BCUT2D eigenvalue weighted by molar-refractivity contribution is -0.119. The zero-order chi connectivity index (χ0) is 16.8. The molecule has 1 unspecified atom stereocenters. The molecule has 0 saturated carbocycles. The molecule has 1 amide bonds. The molecular formula is C15H19N5O2S. The Bertz CT molecular complexity index is 694.